The molecule has 0 bridgehead atoms. The molecule has 0 saturated heterocycles. The van der Waals surface area contributed by atoms with E-state index >= 15 is 0 Å². The highest BCUT2D eigenvalue weighted by Crippen LogP contribution is 2.35. The molecule has 3 N–H and O–H groups in total. The molecule has 6 nitrogen and oxygen atoms in total. The molecule has 0 aliphatic rings. The van der Waals surface area contributed by atoms with Gasteiger partial charge in [-0.25, -0.2) is 13.6 Å². The number of aromatic carboxylic acids is 1. The van der Waals surface area contributed by atoms with Crippen LogP contribution in [0, 0.1) is 11.6 Å². The minimum absolute atomic E-state index is 0.134. The average molecular weight is 496 g/mol. The Morgan fingerprint density at radius 2 is 1.85 bits per heavy atom. The van der Waals surface area contributed by atoms with E-state index in [1.165, 1.54) is 11.0 Å². The van der Waals surface area contributed by atoms with E-state index in [2.05, 4.69) is 19.5 Å². The molecule has 10 heteroatoms. The smallest absolute Gasteiger partial charge is 0.352 e. The predicted molar refractivity (Wildman–Crippen MR) is 127 cm³/mol. The topological polar surface area (TPSA) is 85.4 Å². The third kappa shape index (κ3) is 5.52. The zero-order valence-electron chi connectivity index (χ0n) is 18.4. The minimum Gasteiger partial charge on any atom is -0.477 e. The average Bonchev–Trinajstić information content (AvgIpc) is 3.07. The first kappa shape index (κ1) is 25.1. The summed E-state index contributed by atoms with van der Waals surface area (Å²) >= 11 is 6.08. The lowest BCUT2D eigenvalue weighted by Gasteiger charge is -2.33. The lowest BCUT2D eigenvalue weighted by molar-refractivity contribution is -0.128. The van der Waals surface area contributed by atoms with Gasteiger partial charge in [-0.05, 0) is 45.0 Å². The molecule has 176 valence electrons. The molecule has 0 aliphatic carbocycles. The number of halogens is 3. The van der Waals surface area contributed by atoms with E-state index in [1.54, 1.807) is 39.0 Å². The Balaban J connectivity index is 2.23. The molecule has 0 saturated carbocycles. The number of H-pyrrole nitrogens is 1. The van der Waals surface area contributed by atoms with Crippen molar-refractivity contribution in [3.63, 3.8) is 0 Å². The maximum Gasteiger partial charge on any atom is 0.352 e. The summed E-state index contributed by atoms with van der Waals surface area (Å²) < 4.78 is 28.9. The molecule has 2 unspecified atom stereocenters. The standard InChI is InChI=1S/C23H25ClF2N3O3P/c1-23(2,3)28-21(30)20(29(11-33)10-14-15(25)5-4-6-16(14)26)18-13-8-7-12(24)9-17(13)27-19(18)22(31)32/h4-9,20,27H,10-11,33H2,1-3H3,(H,28,30)(H,31,32). The zero-order chi connectivity index (χ0) is 24.5. The number of carboxylic acids is 1. The van der Waals surface area contributed by atoms with Crippen LogP contribution in [0.4, 0.5) is 8.78 Å². The van der Waals surface area contributed by atoms with Crippen molar-refractivity contribution in [2.24, 2.45) is 0 Å². The number of hydrogen-bond acceptors (Lipinski definition) is 3. The fraction of sp³-hybridized carbons (Fsp3) is 0.304. The molecular formula is C23H25ClF2N3O3P. The van der Waals surface area contributed by atoms with Gasteiger partial charge in [0.25, 0.3) is 0 Å². The molecule has 0 aliphatic heterocycles. The normalized spacial score (nSPS) is 12.8. The van der Waals surface area contributed by atoms with Gasteiger partial charge >= 0.3 is 5.97 Å². The van der Waals surface area contributed by atoms with Gasteiger partial charge in [-0.15, -0.1) is 9.24 Å². The molecule has 2 atom stereocenters. The Bertz CT molecular complexity index is 1190. The molecule has 0 fully saturated rings. The molecular weight excluding hydrogens is 471 g/mol. The number of aromatic amines is 1. The Morgan fingerprint density at radius 1 is 1.21 bits per heavy atom. The molecule has 1 aromatic heterocycles. The van der Waals surface area contributed by atoms with E-state index in [-0.39, 0.29) is 29.7 Å². The van der Waals surface area contributed by atoms with Gasteiger partial charge in [0.1, 0.15) is 23.4 Å². The summed E-state index contributed by atoms with van der Waals surface area (Å²) in [5.41, 5.74) is -0.421. The Kier molecular flexibility index (Phi) is 7.42. The first-order valence-electron chi connectivity index (χ1n) is 10.2. The third-order valence-electron chi connectivity index (χ3n) is 5.06. The number of aromatic nitrogens is 1. The first-order chi connectivity index (χ1) is 15.4. The number of fused-ring (bicyclic) bond motifs is 1. The Morgan fingerprint density at radius 3 is 2.39 bits per heavy atom. The van der Waals surface area contributed by atoms with E-state index in [1.807, 2.05) is 0 Å². The Labute approximate surface area is 197 Å². The number of carbonyl (C=O) groups excluding carboxylic acids is 1. The summed E-state index contributed by atoms with van der Waals surface area (Å²) in [5.74, 6) is -3.28. The van der Waals surface area contributed by atoms with Crippen LogP contribution < -0.4 is 5.32 Å². The fourth-order valence-corrected chi connectivity index (χ4v) is 4.22. The summed E-state index contributed by atoms with van der Waals surface area (Å²) in [6, 6.07) is 7.15. The second kappa shape index (κ2) is 9.75. The highest BCUT2D eigenvalue weighted by molar-refractivity contribution is 7.16. The molecule has 1 heterocycles. The van der Waals surface area contributed by atoms with Gasteiger partial charge < -0.3 is 15.4 Å². The van der Waals surface area contributed by atoms with Crippen molar-refractivity contribution in [1.82, 2.24) is 15.2 Å². The molecule has 33 heavy (non-hydrogen) atoms. The van der Waals surface area contributed by atoms with Crippen LogP contribution in [0.25, 0.3) is 10.9 Å². The van der Waals surface area contributed by atoms with Crippen LogP contribution in [0.5, 0.6) is 0 Å². The summed E-state index contributed by atoms with van der Waals surface area (Å²) in [4.78, 5) is 30.0. The number of carboxylic acid groups (broad SMARTS) is 1. The molecule has 3 aromatic rings. The molecule has 3 rings (SSSR count). The van der Waals surface area contributed by atoms with Crippen molar-refractivity contribution in [3.8, 4) is 0 Å². The van der Waals surface area contributed by atoms with Gasteiger partial charge in [-0.1, -0.05) is 23.7 Å². The highest BCUT2D eigenvalue weighted by atomic mass is 35.5. The molecule has 0 spiro atoms. The number of amides is 1. The second-order valence-electron chi connectivity index (χ2n) is 8.68. The SMILES string of the molecule is CC(C)(C)NC(=O)C(c1c(C(=O)O)[nH]c2cc(Cl)ccc12)N(CP)Cc1c(F)cccc1F. The summed E-state index contributed by atoms with van der Waals surface area (Å²) in [7, 11) is 2.44. The van der Waals surface area contributed by atoms with E-state index in [0.717, 1.165) is 12.1 Å². The van der Waals surface area contributed by atoms with E-state index in [0.29, 0.717) is 15.9 Å². The maximum atomic E-state index is 14.4. The van der Waals surface area contributed by atoms with Crippen LogP contribution in [-0.4, -0.2) is 38.7 Å². The fourth-order valence-electron chi connectivity index (χ4n) is 3.71. The lowest BCUT2D eigenvalue weighted by Crippen LogP contribution is -2.47. The van der Waals surface area contributed by atoms with Crippen LogP contribution in [-0.2, 0) is 11.3 Å². The number of benzene rings is 2. The highest BCUT2D eigenvalue weighted by Gasteiger charge is 2.36. The minimum atomic E-state index is -1.27. The van der Waals surface area contributed by atoms with Gasteiger partial charge in [0, 0.05) is 45.4 Å². The van der Waals surface area contributed by atoms with Crippen molar-refractivity contribution in [2.45, 2.75) is 38.9 Å². The Hall–Kier alpha value is -2.54. The van der Waals surface area contributed by atoms with Gasteiger partial charge in [0.2, 0.25) is 5.91 Å². The summed E-state index contributed by atoms with van der Waals surface area (Å²) in [6.45, 7) is 5.10. The van der Waals surface area contributed by atoms with Crippen molar-refractivity contribution >= 4 is 43.6 Å². The zero-order valence-corrected chi connectivity index (χ0v) is 20.3. The van der Waals surface area contributed by atoms with Gasteiger partial charge in [-0.2, -0.15) is 0 Å². The van der Waals surface area contributed by atoms with Crippen molar-refractivity contribution in [1.29, 1.82) is 0 Å². The summed E-state index contributed by atoms with van der Waals surface area (Å²) in [6.07, 6.45) is 0.134. The van der Waals surface area contributed by atoms with Crippen molar-refractivity contribution in [2.75, 3.05) is 6.29 Å². The molecule has 2 aromatic carbocycles. The van der Waals surface area contributed by atoms with Crippen LogP contribution in [0.15, 0.2) is 36.4 Å². The van der Waals surface area contributed by atoms with Crippen molar-refractivity contribution in [3.05, 3.63) is 69.9 Å². The van der Waals surface area contributed by atoms with Gasteiger partial charge in [0.15, 0.2) is 0 Å². The summed E-state index contributed by atoms with van der Waals surface area (Å²) in [5, 5.41) is 13.6. The first-order valence-corrected chi connectivity index (χ1v) is 11.4. The quantitative estimate of drug-likeness (QED) is 0.399. The molecule has 1 amide bonds. The lowest BCUT2D eigenvalue weighted by atomic mass is 9.98. The number of carbonyl (C=O) groups is 2. The largest absolute Gasteiger partial charge is 0.477 e. The van der Waals surface area contributed by atoms with E-state index < -0.39 is 35.1 Å². The van der Waals surface area contributed by atoms with Gasteiger partial charge in [-0.3, -0.25) is 9.69 Å². The van der Waals surface area contributed by atoms with Crippen LogP contribution in [0.2, 0.25) is 5.02 Å². The second-order valence-corrected chi connectivity index (χ2v) is 9.48. The van der Waals surface area contributed by atoms with Crippen LogP contribution in [0.3, 0.4) is 0 Å². The number of hydrogen-bond donors (Lipinski definition) is 3. The third-order valence-corrected chi connectivity index (χ3v) is 5.76. The maximum absolute atomic E-state index is 14.4. The van der Waals surface area contributed by atoms with E-state index in [9.17, 15) is 23.5 Å². The predicted octanol–water partition coefficient (Wildman–Crippen LogP) is 5.09. The number of rotatable bonds is 7. The van der Waals surface area contributed by atoms with Gasteiger partial charge in [0.05, 0.1) is 0 Å². The number of nitrogens with zero attached hydrogens (tertiary/aromatic N) is 1. The monoisotopic (exact) mass is 495 g/mol. The number of nitrogens with one attached hydrogen (secondary N) is 2. The van der Waals surface area contributed by atoms with Crippen LogP contribution >= 0.6 is 20.8 Å². The molecule has 0 radical (unpaired) electrons. The van der Waals surface area contributed by atoms with E-state index in [4.69, 9.17) is 11.6 Å². The van der Waals surface area contributed by atoms with Crippen LogP contribution in [0.1, 0.15) is 48.4 Å². The van der Waals surface area contributed by atoms with Crippen molar-refractivity contribution < 1.29 is 23.5 Å².